The number of nitrogens with one attached hydrogen (secondary N) is 1. The van der Waals surface area contributed by atoms with Gasteiger partial charge in [-0.15, -0.1) is 0 Å². The fourth-order valence-corrected chi connectivity index (χ4v) is 4.65. The predicted molar refractivity (Wildman–Crippen MR) is 151 cm³/mol. The van der Waals surface area contributed by atoms with Crippen LogP contribution in [-0.2, 0) is 22.6 Å². The molecule has 0 radical (unpaired) electrons. The number of aryl methyl sites for hydroxylation is 1. The molecule has 1 saturated heterocycles. The molecule has 0 aromatic heterocycles. The predicted octanol–water partition coefficient (Wildman–Crippen LogP) is 6.05. The highest BCUT2D eigenvalue weighted by Crippen LogP contribution is 2.32. The van der Waals surface area contributed by atoms with Gasteiger partial charge in [-0.1, -0.05) is 73.7 Å². The molecule has 7 nitrogen and oxygen atoms in total. The summed E-state index contributed by atoms with van der Waals surface area (Å²) >= 11 is 0. The molecule has 0 atom stereocenters. The van der Waals surface area contributed by atoms with Crippen LogP contribution in [0.2, 0.25) is 0 Å². The van der Waals surface area contributed by atoms with Crippen LogP contribution in [-0.4, -0.2) is 24.5 Å². The van der Waals surface area contributed by atoms with Crippen LogP contribution in [0.15, 0.2) is 90.5 Å². The summed E-state index contributed by atoms with van der Waals surface area (Å²) in [5.74, 6) is -0.400. The molecule has 4 aromatic carbocycles. The second-order valence-electron chi connectivity index (χ2n) is 9.01. The Hall–Kier alpha value is -4.91. The quantitative estimate of drug-likeness (QED) is 0.226. The fraction of sp³-hybridized carbons (Fsp3) is 0.156. The van der Waals surface area contributed by atoms with Crippen LogP contribution in [0.5, 0.6) is 11.5 Å². The van der Waals surface area contributed by atoms with E-state index in [1.54, 1.807) is 30.3 Å². The fourth-order valence-electron chi connectivity index (χ4n) is 4.65. The van der Waals surface area contributed by atoms with E-state index in [0.717, 1.165) is 26.8 Å². The zero-order chi connectivity index (χ0) is 27.4. The Morgan fingerprint density at radius 1 is 0.795 bits per heavy atom. The summed E-state index contributed by atoms with van der Waals surface area (Å²) in [5.41, 5.74) is 2.73. The maximum Gasteiger partial charge on any atom is 0.335 e. The molecule has 1 aliphatic rings. The summed E-state index contributed by atoms with van der Waals surface area (Å²) < 4.78 is 12.0. The number of ether oxygens (including phenoxy) is 2. The van der Waals surface area contributed by atoms with Crippen molar-refractivity contribution >= 4 is 40.4 Å². The highest BCUT2D eigenvalue weighted by atomic mass is 16.5. The van der Waals surface area contributed by atoms with E-state index < -0.39 is 17.8 Å². The van der Waals surface area contributed by atoms with E-state index >= 15 is 0 Å². The molecular weight excluding hydrogens is 492 g/mol. The van der Waals surface area contributed by atoms with Gasteiger partial charge < -0.3 is 9.47 Å². The molecule has 0 spiro atoms. The number of rotatable bonds is 8. The Kier molecular flexibility index (Phi) is 7.41. The van der Waals surface area contributed by atoms with Gasteiger partial charge in [0, 0.05) is 0 Å². The van der Waals surface area contributed by atoms with Gasteiger partial charge in [0.05, 0.1) is 12.3 Å². The lowest BCUT2D eigenvalue weighted by atomic mass is 10.0. The Morgan fingerprint density at radius 3 is 2.36 bits per heavy atom. The lowest BCUT2D eigenvalue weighted by Crippen LogP contribution is -2.54. The van der Waals surface area contributed by atoms with Crippen LogP contribution in [0.4, 0.5) is 10.5 Å². The molecule has 1 aliphatic heterocycles. The van der Waals surface area contributed by atoms with Crippen LogP contribution in [0.3, 0.4) is 0 Å². The molecule has 4 aromatic rings. The summed E-state index contributed by atoms with van der Waals surface area (Å²) in [5, 5.41) is 4.54. The first kappa shape index (κ1) is 25.7. The standard InChI is InChI=1S/C32H28N2O5/c1-3-22-10-6-8-15-27(22)34-31(36)26(30(35)33-32(34)37)18-21-16-17-28(29(19-21)38-4-2)39-20-24-13-9-12-23-11-5-7-14-25(23)24/h5-19H,3-4,20H2,1-2H3,(H,33,35,37)/b26-18-. The van der Waals surface area contributed by atoms with Crippen LogP contribution < -0.4 is 19.7 Å². The number of urea groups is 1. The lowest BCUT2D eigenvalue weighted by molar-refractivity contribution is -0.122. The first-order chi connectivity index (χ1) is 19.0. The molecule has 1 heterocycles. The molecule has 0 aliphatic carbocycles. The number of carbonyl (C=O) groups is 3. The summed E-state index contributed by atoms with van der Waals surface area (Å²) in [7, 11) is 0. The number of hydrogen-bond acceptors (Lipinski definition) is 5. The zero-order valence-corrected chi connectivity index (χ0v) is 21.8. The van der Waals surface area contributed by atoms with Gasteiger partial charge in [-0.25, -0.2) is 9.69 Å². The topological polar surface area (TPSA) is 84.9 Å². The van der Waals surface area contributed by atoms with Gasteiger partial charge in [-0.3, -0.25) is 14.9 Å². The van der Waals surface area contributed by atoms with Crippen LogP contribution in [0.25, 0.3) is 16.8 Å². The SMILES string of the molecule is CCOc1cc(/C=C2/C(=O)NC(=O)N(c3ccccc3CC)C2=O)ccc1OCc1cccc2ccccc12. The van der Waals surface area contributed by atoms with Crippen LogP contribution in [0.1, 0.15) is 30.5 Å². The van der Waals surface area contributed by atoms with E-state index in [0.29, 0.717) is 42.4 Å². The van der Waals surface area contributed by atoms with Crippen LogP contribution in [0, 0.1) is 0 Å². The number of hydrogen-bond donors (Lipinski definition) is 1. The van der Waals surface area contributed by atoms with Gasteiger partial charge >= 0.3 is 6.03 Å². The van der Waals surface area contributed by atoms with Gasteiger partial charge in [-0.2, -0.15) is 0 Å². The van der Waals surface area contributed by atoms with Crippen molar-refractivity contribution in [3.05, 3.63) is 107 Å². The molecule has 0 saturated carbocycles. The third kappa shape index (κ3) is 5.25. The number of carbonyl (C=O) groups excluding carboxylic acids is 3. The summed E-state index contributed by atoms with van der Waals surface area (Å²) in [6.07, 6.45) is 2.08. The normalized spacial score (nSPS) is 14.6. The van der Waals surface area contributed by atoms with Gasteiger partial charge in [0.15, 0.2) is 11.5 Å². The number of imide groups is 2. The minimum atomic E-state index is -0.768. The molecule has 0 unspecified atom stereocenters. The number of barbiturate groups is 1. The van der Waals surface area contributed by atoms with E-state index in [4.69, 9.17) is 9.47 Å². The summed E-state index contributed by atoms with van der Waals surface area (Å²) in [4.78, 5) is 39.7. The largest absolute Gasteiger partial charge is 0.490 e. The number of para-hydroxylation sites is 1. The van der Waals surface area contributed by atoms with E-state index in [1.807, 2.05) is 50.2 Å². The average molecular weight is 521 g/mol. The molecule has 7 heteroatoms. The number of benzene rings is 4. The van der Waals surface area contributed by atoms with E-state index in [9.17, 15) is 14.4 Å². The highest BCUT2D eigenvalue weighted by Gasteiger charge is 2.37. The van der Waals surface area contributed by atoms with Gasteiger partial charge in [0.1, 0.15) is 12.2 Å². The third-order valence-electron chi connectivity index (χ3n) is 6.56. The number of anilines is 1. The minimum absolute atomic E-state index is 0.146. The Bertz CT molecular complexity index is 1600. The molecule has 5 rings (SSSR count). The maximum absolute atomic E-state index is 13.4. The minimum Gasteiger partial charge on any atom is -0.490 e. The molecule has 1 N–H and O–H groups in total. The first-order valence-electron chi connectivity index (χ1n) is 12.9. The van der Waals surface area contributed by atoms with E-state index in [-0.39, 0.29) is 5.57 Å². The van der Waals surface area contributed by atoms with Crippen molar-refractivity contribution in [3.63, 3.8) is 0 Å². The van der Waals surface area contributed by atoms with Gasteiger partial charge in [0.25, 0.3) is 11.8 Å². The van der Waals surface area contributed by atoms with Crippen molar-refractivity contribution in [1.82, 2.24) is 5.32 Å². The molecule has 1 fully saturated rings. The van der Waals surface area contributed by atoms with Gasteiger partial charge in [-0.05, 0) is 65.1 Å². The molecule has 0 bridgehead atoms. The summed E-state index contributed by atoms with van der Waals surface area (Å²) in [6, 6.07) is 25.8. The Labute approximate surface area is 226 Å². The molecular formula is C32H28N2O5. The smallest absolute Gasteiger partial charge is 0.335 e. The number of fused-ring (bicyclic) bond motifs is 1. The summed E-state index contributed by atoms with van der Waals surface area (Å²) in [6.45, 7) is 4.55. The molecule has 4 amide bonds. The lowest BCUT2D eigenvalue weighted by Gasteiger charge is -2.28. The molecule has 196 valence electrons. The van der Waals surface area contributed by atoms with Crippen molar-refractivity contribution in [1.29, 1.82) is 0 Å². The van der Waals surface area contributed by atoms with Crippen molar-refractivity contribution < 1.29 is 23.9 Å². The second kappa shape index (κ2) is 11.2. The average Bonchev–Trinajstić information content (AvgIpc) is 2.95. The van der Waals surface area contributed by atoms with Crippen molar-refractivity contribution in [2.75, 3.05) is 11.5 Å². The van der Waals surface area contributed by atoms with Crippen molar-refractivity contribution in [2.45, 2.75) is 26.9 Å². The van der Waals surface area contributed by atoms with Crippen LogP contribution >= 0.6 is 0 Å². The molecule has 39 heavy (non-hydrogen) atoms. The Morgan fingerprint density at radius 2 is 1.54 bits per heavy atom. The van der Waals surface area contributed by atoms with Crippen molar-refractivity contribution in [2.24, 2.45) is 0 Å². The van der Waals surface area contributed by atoms with E-state index in [1.165, 1.54) is 6.08 Å². The third-order valence-corrected chi connectivity index (χ3v) is 6.56. The number of nitrogens with zero attached hydrogens (tertiary/aromatic N) is 1. The number of amides is 4. The highest BCUT2D eigenvalue weighted by molar-refractivity contribution is 6.39. The monoisotopic (exact) mass is 520 g/mol. The Balaban J connectivity index is 1.43. The van der Waals surface area contributed by atoms with E-state index in [2.05, 4.69) is 23.5 Å². The van der Waals surface area contributed by atoms with Gasteiger partial charge in [0.2, 0.25) is 0 Å². The van der Waals surface area contributed by atoms with Crippen molar-refractivity contribution in [3.8, 4) is 11.5 Å². The first-order valence-corrected chi connectivity index (χ1v) is 12.9. The zero-order valence-electron chi connectivity index (χ0n) is 21.8. The second-order valence-corrected chi connectivity index (χ2v) is 9.01. The maximum atomic E-state index is 13.4.